The van der Waals surface area contributed by atoms with Gasteiger partial charge in [-0.25, -0.2) is 0 Å². The lowest BCUT2D eigenvalue weighted by Crippen LogP contribution is -2.40. The highest BCUT2D eigenvalue weighted by Gasteiger charge is 2.41. The summed E-state index contributed by atoms with van der Waals surface area (Å²) in [6.07, 6.45) is 2.88. The zero-order valence-electron chi connectivity index (χ0n) is 17.8. The number of carbonyl (C=O) groups excluding carboxylic acids is 2. The van der Waals surface area contributed by atoms with Crippen molar-refractivity contribution in [2.75, 3.05) is 39.5 Å². The fraction of sp³-hybridized carbons (Fsp3) is 0.565. The summed E-state index contributed by atoms with van der Waals surface area (Å²) in [6.45, 7) is 9.80. The van der Waals surface area contributed by atoms with E-state index in [9.17, 15) is 9.59 Å². The molecule has 29 heavy (non-hydrogen) atoms. The number of hydrogen-bond acceptors (Lipinski definition) is 5. The van der Waals surface area contributed by atoms with Crippen molar-refractivity contribution in [3.05, 3.63) is 35.5 Å². The second-order valence-corrected chi connectivity index (χ2v) is 8.02. The molecule has 3 rings (SSSR count). The van der Waals surface area contributed by atoms with E-state index in [1.54, 1.807) is 0 Å². The molecule has 0 unspecified atom stereocenters. The van der Waals surface area contributed by atoms with E-state index < -0.39 is 0 Å². The van der Waals surface area contributed by atoms with Crippen molar-refractivity contribution in [2.45, 2.75) is 40.0 Å². The number of ether oxygens (including phenoxy) is 2. The van der Waals surface area contributed by atoms with Gasteiger partial charge < -0.3 is 14.4 Å². The molecule has 0 aromatic heterocycles. The number of amides is 2. The van der Waals surface area contributed by atoms with E-state index in [0.717, 1.165) is 30.6 Å². The molecule has 0 atom stereocenters. The standard InChI is InChI=1S/C23H32N2O4/c1-4-5-6-11-25-22(26)20(21(23(25)27)24-12-14-28-15-13-24)18-7-9-19(10-8-18)29-16-17(2)3/h7-10,17H,4-6,11-16H2,1-3H3. The Labute approximate surface area is 173 Å². The van der Waals surface area contributed by atoms with Crippen molar-refractivity contribution in [3.63, 3.8) is 0 Å². The van der Waals surface area contributed by atoms with Crippen LogP contribution in [-0.4, -0.2) is 61.1 Å². The molecule has 0 aliphatic carbocycles. The van der Waals surface area contributed by atoms with Crippen LogP contribution in [0.3, 0.4) is 0 Å². The second-order valence-electron chi connectivity index (χ2n) is 8.02. The van der Waals surface area contributed by atoms with Crippen molar-refractivity contribution < 1.29 is 19.1 Å². The number of nitrogens with zero attached hydrogens (tertiary/aromatic N) is 2. The van der Waals surface area contributed by atoms with Gasteiger partial charge in [-0.05, 0) is 30.0 Å². The molecule has 6 nitrogen and oxygen atoms in total. The number of morpholine rings is 1. The second kappa shape index (κ2) is 9.92. The van der Waals surface area contributed by atoms with Gasteiger partial charge in [0.05, 0.1) is 25.4 Å². The van der Waals surface area contributed by atoms with E-state index >= 15 is 0 Å². The van der Waals surface area contributed by atoms with E-state index in [1.165, 1.54) is 4.90 Å². The average Bonchev–Trinajstić information content (AvgIpc) is 2.98. The predicted molar refractivity (Wildman–Crippen MR) is 112 cm³/mol. The van der Waals surface area contributed by atoms with Crippen molar-refractivity contribution >= 4 is 17.4 Å². The maximum absolute atomic E-state index is 13.2. The van der Waals surface area contributed by atoms with Gasteiger partial charge in [0.15, 0.2) is 0 Å². The summed E-state index contributed by atoms with van der Waals surface area (Å²) in [6, 6.07) is 7.51. The lowest BCUT2D eigenvalue weighted by atomic mass is 10.0. The minimum Gasteiger partial charge on any atom is -0.493 e. The molecule has 1 aromatic rings. The first-order chi connectivity index (χ1) is 14.0. The highest BCUT2D eigenvalue weighted by Crippen LogP contribution is 2.33. The Morgan fingerprint density at radius 1 is 1.03 bits per heavy atom. The first-order valence-corrected chi connectivity index (χ1v) is 10.7. The van der Waals surface area contributed by atoms with Crippen LogP contribution in [0.5, 0.6) is 5.75 Å². The fourth-order valence-electron chi connectivity index (χ4n) is 3.61. The SMILES string of the molecule is CCCCCN1C(=O)C(c2ccc(OCC(C)C)cc2)=C(N2CCOCC2)C1=O. The molecule has 2 amide bonds. The zero-order chi connectivity index (χ0) is 20.8. The Morgan fingerprint density at radius 2 is 1.72 bits per heavy atom. The Hall–Kier alpha value is -2.34. The largest absolute Gasteiger partial charge is 0.493 e. The Morgan fingerprint density at radius 3 is 2.34 bits per heavy atom. The maximum atomic E-state index is 13.2. The van der Waals surface area contributed by atoms with Crippen LogP contribution in [0, 0.1) is 5.92 Å². The van der Waals surface area contributed by atoms with E-state index in [2.05, 4.69) is 20.8 Å². The predicted octanol–water partition coefficient (Wildman–Crippen LogP) is 3.32. The van der Waals surface area contributed by atoms with Crippen LogP contribution in [0.25, 0.3) is 5.57 Å². The van der Waals surface area contributed by atoms with Gasteiger partial charge in [-0.3, -0.25) is 14.5 Å². The summed E-state index contributed by atoms with van der Waals surface area (Å²) >= 11 is 0. The number of carbonyl (C=O) groups is 2. The lowest BCUT2D eigenvalue weighted by Gasteiger charge is -2.29. The van der Waals surface area contributed by atoms with Gasteiger partial charge in [-0.2, -0.15) is 0 Å². The van der Waals surface area contributed by atoms with Crippen LogP contribution in [0.4, 0.5) is 0 Å². The number of imide groups is 1. The lowest BCUT2D eigenvalue weighted by molar-refractivity contribution is -0.137. The summed E-state index contributed by atoms with van der Waals surface area (Å²) < 4.78 is 11.2. The number of benzene rings is 1. The molecule has 6 heteroatoms. The van der Waals surface area contributed by atoms with Crippen LogP contribution < -0.4 is 4.74 Å². The maximum Gasteiger partial charge on any atom is 0.277 e. The monoisotopic (exact) mass is 400 g/mol. The topological polar surface area (TPSA) is 59.1 Å². The summed E-state index contributed by atoms with van der Waals surface area (Å²) in [5, 5.41) is 0. The Balaban J connectivity index is 1.88. The third kappa shape index (κ3) is 4.99. The molecule has 0 N–H and O–H groups in total. The van der Waals surface area contributed by atoms with Crippen molar-refractivity contribution in [1.82, 2.24) is 9.80 Å². The highest BCUT2D eigenvalue weighted by atomic mass is 16.5. The molecule has 158 valence electrons. The third-order valence-corrected chi connectivity index (χ3v) is 5.18. The van der Waals surface area contributed by atoms with Gasteiger partial charge in [-0.15, -0.1) is 0 Å². The van der Waals surface area contributed by atoms with Crippen LogP contribution in [-0.2, 0) is 14.3 Å². The molecule has 1 saturated heterocycles. The smallest absolute Gasteiger partial charge is 0.277 e. The molecular formula is C23H32N2O4. The third-order valence-electron chi connectivity index (χ3n) is 5.18. The van der Waals surface area contributed by atoms with Crippen LogP contribution in [0.2, 0.25) is 0 Å². The van der Waals surface area contributed by atoms with Crippen LogP contribution in [0.15, 0.2) is 30.0 Å². The molecule has 0 saturated carbocycles. The molecule has 0 spiro atoms. The Kier molecular flexibility index (Phi) is 7.31. The molecule has 1 fully saturated rings. The summed E-state index contributed by atoms with van der Waals surface area (Å²) in [7, 11) is 0. The molecule has 2 heterocycles. The van der Waals surface area contributed by atoms with Gasteiger partial charge in [0.25, 0.3) is 11.8 Å². The summed E-state index contributed by atoms with van der Waals surface area (Å²) in [4.78, 5) is 29.8. The zero-order valence-corrected chi connectivity index (χ0v) is 17.8. The quantitative estimate of drug-likeness (QED) is 0.470. The first kappa shape index (κ1) is 21.4. The van der Waals surface area contributed by atoms with Gasteiger partial charge in [0, 0.05) is 19.6 Å². The van der Waals surface area contributed by atoms with E-state index in [1.807, 2.05) is 29.2 Å². The fourth-order valence-corrected chi connectivity index (χ4v) is 3.61. The highest BCUT2D eigenvalue weighted by molar-refractivity contribution is 6.35. The van der Waals surface area contributed by atoms with Crippen molar-refractivity contribution in [1.29, 1.82) is 0 Å². The average molecular weight is 401 g/mol. The van der Waals surface area contributed by atoms with Crippen molar-refractivity contribution in [2.24, 2.45) is 5.92 Å². The summed E-state index contributed by atoms with van der Waals surface area (Å²) in [5.41, 5.74) is 1.79. The van der Waals surface area contributed by atoms with Gasteiger partial charge in [-0.1, -0.05) is 45.7 Å². The summed E-state index contributed by atoms with van der Waals surface area (Å²) in [5.74, 6) is 0.843. The molecule has 2 aliphatic heterocycles. The first-order valence-electron chi connectivity index (χ1n) is 10.7. The van der Waals surface area contributed by atoms with E-state index in [4.69, 9.17) is 9.47 Å². The molecule has 0 radical (unpaired) electrons. The molecule has 2 aliphatic rings. The van der Waals surface area contributed by atoms with Crippen molar-refractivity contribution in [3.8, 4) is 5.75 Å². The Bertz CT molecular complexity index is 749. The molecule has 1 aromatic carbocycles. The van der Waals surface area contributed by atoms with Crippen LogP contribution >= 0.6 is 0 Å². The van der Waals surface area contributed by atoms with E-state index in [-0.39, 0.29) is 11.8 Å². The molecule has 0 bridgehead atoms. The van der Waals surface area contributed by atoms with Crippen LogP contribution in [0.1, 0.15) is 45.6 Å². The van der Waals surface area contributed by atoms with Gasteiger partial charge >= 0.3 is 0 Å². The van der Waals surface area contributed by atoms with Gasteiger partial charge in [0.2, 0.25) is 0 Å². The number of unbranched alkanes of at least 4 members (excludes halogenated alkanes) is 2. The number of rotatable bonds is 9. The van der Waals surface area contributed by atoms with E-state index in [0.29, 0.717) is 56.6 Å². The normalized spacial score (nSPS) is 17.7. The number of hydrogen-bond donors (Lipinski definition) is 0. The molecular weight excluding hydrogens is 368 g/mol. The minimum absolute atomic E-state index is 0.178. The minimum atomic E-state index is -0.191. The van der Waals surface area contributed by atoms with Gasteiger partial charge in [0.1, 0.15) is 11.4 Å².